The van der Waals surface area contributed by atoms with Crippen LogP contribution in [0.4, 0.5) is 0 Å². The van der Waals surface area contributed by atoms with Crippen molar-refractivity contribution in [3.63, 3.8) is 0 Å². The Morgan fingerprint density at radius 3 is 0.682 bits per heavy atom. The highest BCUT2D eigenvalue weighted by Crippen LogP contribution is 2.21. The van der Waals surface area contributed by atoms with Gasteiger partial charge in [0.25, 0.3) is 0 Å². The maximum atomic E-state index is 12.7. The van der Waals surface area contributed by atoms with Crippen molar-refractivity contribution in [3.05, 3.63) is 12.2 Å². The summed E-state index contributed by atoms with van der Waals surface area (Å²) in [5, 5.41) is 44.4. The zero-order chi connectivity index (χ0) is 61.5. The summed E-state index contributed by atoms with van der Waals surface area (Å²) in [6.07, 6.45) is 93.9. The van der Waals surface area contributed by atoms with Crippen LogP contribution in [-0.4, -0.2) is 57.3 Å². The van der Waals surface area contributed by atoms with Crippen LogP contribution in [0, 0.1) is 0 Å². The third-order valence-corrected chi connectivity index (χ3v) is 19.2. The van der Waals surface area contributed by atoms with Crippen molar-refractivity contribution in [2.75, 3.05) is 6.61 Å². The molecule has 0 aliphatic rings. The molecule has 6 heteroatoms. The third-order valence-electron chi connectivity index (χ3n) is 19.2. The van der Waals surface area contributed by atoms with E-state index in [1.807, 2.05) is 0 Å². The van der Waals surface area contributed by atoms with Gasteiger partial charge in [-0.15, -0.1) is 0 Å². The normalized spacial score (nSPS) is 13.3. The first-order valence-electron chi connectivity index (χ1n) is 39.6. The number of aliphatic hydroxyl groups excluding tert-OH is 4. The second kappa shape index (κ2) is 73.8. The fraction of sp³-hybridized carbons (Fsp3) is 0.962. The van der Waals surface area contributed by atoms with E-state index < -0.39 is 36.9 Å². The molecule has 0 aliphatic heterocycles. The quantitative estimate of drug-likeness (QED) is 0.0308. The fourth-order valence-electron chi connectivity index (χ4n) is 13.1. The van der Waals surface area contributed by atoms with Crippen LogP contribution in [0.15, 0.2) is 12.2 Å². The lowest BCUT2D eigenvalue weighted by molar-refractivity contribution is -0.132. The number of hydrogen-bond donors (Lipinski definition) is 5. The van der Waals surface area contributed by atoms with Gasteiger partial charge in [0, 0.05) is 0 Å². The van der Waals surface area contributed by atoms with E-state index in [1.54, 1.807) is 0 Å². The molecule has 0 heterocycles. The maximum absolute atomic E-state index is 12.7. The minimum atomic E-state index is -1.26. The Morgan fingerprint density at radius 1 is 0.282 bits per heavy atom. The largest absolute Gasteiger partial charge is 0.394 e. The number of nitrogens with one attached hydrogen (secondary N) is 1. The first-order valence-corrected chi connectivity index (χ1v) is 39.6. The summed E-state index contributed by atoms with van der Waals surface area (Å²) in [6.45, 7) is 4.13. The highest BCUT2D eigenvalue weighted by molar-refractivity contribution is 5.80. The summed E-state index contributed by atoms with van der Waals surface area (Å²) >= 11 is 0. The number of carbonyl (C=O) groups excluding carboxylic acids is 1. The van der Waals surface area contributed by atoms with Crippen molar-refractivity contribution in [2.24, 2.45) is 0 Å². The smallest absolute Gasteiger partial charge is 0.249 e. The van der Waals surface area contributed by atoms with Gasteiger partial charge in [0.15, 0.2) is 0 Å². The van der Waals surface area contributed by atoms with Crippen LogP contribution in [0.3, 0.4) is 0 Å². The second-order valence-corrected chi connectivity index (χ2v) is 27.8. The van der Waals surface area contributed by atoms with Crippen molar-refractivity contribution < 1.29 is 25.2 Å². The monoisotopic (exact) mass is 1200 g/mol. The summed E-state index contributed by atoms with van der Waals surface area (Å²) in [6, 6.07) is -0.985. The molecule has 0 spiro atoms. The van der Waals surface area contributed by atoms with Crippen LogP contribution in [0.1, 0.15) is 457 Å². The first-order chi connectivity index (χ1) is 42.0. The lowest BCUT2D eigenvalue weighted by Gasteiger charge is -2.27. The maximum Gasteiger partial charge on any atom is 0.249 e. The Kier molecular flexibility index (Phi) is 73.0. The number of carbonyl (C=O) groups is 1. The van der Waals surface area contributed by atoms with E-state index in [9.17, 15) is 25.2 Å². The first kappa shape index (κ1) is 84.0. The molecule has 0 radical (unpaired) electrons. The van der Waals surface area contributed by atoms with E-state index in [0.717, 1.165) is 38.5 Å². The molecule has 0 aromatic rings. The molecule has 0 saturated heterocycles. The lowest BCUT2D eigenvalue weighted by atomic mass is 9.99. The Hall–Kier alpha value is -0.950. The zero-order valence-corrected chi connectivity index (χ0v) is 58.2. The van der Waals surface area contributed by atoms with E-state index in [4.69, 9.17) is 0 Å². The van der Waals surface area contributed by atoms with E-state index >= 15 is 0 Å². The standard InChI is InChI=1S/C79H157NO5/c1-3-5-7-9-11-13-15-17-19-21-23-25-27-29-31-33-35-36-37-38-39-40-41-43-45-47-49-51-53-55-57-59-61-63-65-67-69-71-73-77(83)79(85)80-75(74-81)78(84)76(82)72-70-68-66-64-62-60-58-56-54-52-50-48-46-44-42-34-32-30-28-26-24-22-20-18-16-14-12-10-8-6-4-2/h38-39,75-78,81-84H,3-37,40-74H2,1-2H3,(H,80,85)/b39-38-. The van der Waals surface area contributed by atoms with Gasteiger partial charge < -0.3 is 25.7 Å². The molecule has 0 rings (SSSR count). The Balaban J connectivity index is 3.48. The summed E-state index contributed by atoms with van der Waals surface area (Å²) in [5.41, 5.74) is 0. The van der Waals surface area contributed by atoms with E-state index in [1.165, 1.54) is 392 Å². The molecule has 0 aliphatic carbocycles. The third kappa shape index (κ3) is 67.3. The average Bonchev–Trinajstić information content (AvgIpc) is 3.51. The van der Waals surface area contributed by atoms with Gasteiger partial charge in [-0.3, -0.25) is 4.79 Å². The Morgan fingerprint density at radius 2 is 0.471 bits per heavy atom. The Labute approximate surface area is 533 Å². The SMILES string of the molecule is CCCCCCCCCCCCCCCCCCCC/C=C\CCCCCCCCCCCCCCCCCCC(O)C(=O)NC(CO)C(O)C(O)CCCCCCCCCCCCCCCCCCCCCCCCCCCCCCCCC. The number of rotatable bonds is 75. The van der Waals surface area contributed by atoms with Crippen LogP contribution < -0.4 is 5.32 Å². The molecule has 4 unspecified atom stereocenters. The molecule has 6 nitrogen and oxygen atoms in total. The Bertz CT molecular complexity index is 1260. The minimum Gasteiger partial charge on any atom is -0.394 e. The van der Waals surface area contributed by atoms with Crippen molar-refractivity contribution in [2.45, 2.75) is 481 Å². The van der Waals surface area contributed by atoms with Gasteiger partial charge in [-0.25, -0.2) is 0 Å². The van der Waals surface area contributed by atoms with Crippen molar-refractivity contribution in [3.8, 4) is 0 Å². The highest BCUT2D eigenvalue weighted by atomic mass is 16.3. The molecule has 4 atom stereocenters. The summed E-state index contributed by atoms with van der Waals surface area (Å²) in [7, 11) is 0. The van der Waals surface area contributed by atoms with Crippen LogP contribution in [-0.2, 0) is 4.79 Å². The summed E-state index contributed by atoms with van der Waals surface area (Å²) < 4.78 is 0. The zero-order valence-electron chi connectivity index (χ0n) is 58.2. The van der Waals surface area contributed by atoms with E-state index in [0.29, 0.717) is 12.8 Å². The summed E-state index contributed by atoms with van der Waals surface area (Å²) in [5.74, 6) is -0.574. The van der Waals surface area contributed by atoms with Crippen molar-refractivity contribution in [1.29, 1.82) is 0 Å². The van der Waals surface area contributed by atoms with Crippen LogP contribution in [0.5, 0.6) is 0 Å². The predicted octanol–water partition coefficient (Wildman–Crippen LogP) is 25.1. The molecule has 0 bridgehead atoms. The van der Waals surface area contributed by atoms with E-state index in [-0.39, 0.29) is 0 Å². The number of aliphatic hydroxyl groups is 4. The molecule has 0 aromatic carbocycles. The topological polar surface area (TPSA) is 110 Å². The molecule has 5 N–H and O–H groups in total. The number of amides is 1. The van der Waals surface area contributed by atoms with Crippen LogP contribution >= 0.6 is 0 Å². The van der Waals surface area contributed by atoms with Gasteiger partial charge >= 0.3 is 0 Å². The van der Waals surface area contributed by atoms with Gasteiger partial charge in [0.05, 0.1) is 18.8 Å². The number of allylic oxidation sites excluding steroid dienone is 2. The molecule has 0 aromatic heterocycles. The highest BCUT2D eigenvalue weighted by Gasteiger charge is 2.29. The number of hydrogen-bond acceptors (Lipinski definition) is 5. The van der Waals surface area contributed by atoms with Crippen LogP contribution in [0.25, 0.3) is 0 Å². The fourth-order valence-corrected chi connectivity index (χ4v) is 13.1. The molecule has 508 valence electrons. The van der Waals surface area contributed by atoms with Gasteiger partial charge in [0.2, 0.25) is 5.91 Å². The molecular weight excluding hydrogens is 1040 g/mol. The second-order valence-electron chi connectivity index (χ2n) is 27.8. The van der Waals surface area contributed by atoms with Crippen LogP contribution in [0.2, 0.25) is 0 Å². The molecular formula is C79H157NO5. The van der Waals surface area contributed by atoms with Crippen molar-refractivity contribution >= 4 is 5.91 Å². The average molecular weight is 1200 g/mol. The summed E-state index contributed by atoms with van der Waals surface area (Å²) in [4.78, 5) is 12.7. The van der Waals surface area contributed by atoms with Gasteiger partial charge in [0.1, 0.15) is 12.2 Å². The lowest BCUT2D eigenvalue weighted by Crippen LogP contribution is -2.53. The molecule has 1 amide bonds. The molecule has 0 fully saturated rings. The predicted molar refractivity (Wildman–Crippen MR) is 376 cm³/mol. The molecule has 0 saturated carbocycles. The minimum absolute atomic E-state index is 0.374. The van der Waals surface area contributed by atoms with Gasteiger partial charge in [-0.05, 0) is 38.5 Å². The number of unbranched alkanes of at least 4 members (excludes halogenated alkanes) is 64. The van der Waals surface area contributed by atoms with E-state index in [2.05, 4.69) is 31.3 Å². The van der Waals surface area contributed by atoms with Crippen molar-refractivity contribution in [1.82, 2.24) is 5.32 Å². The molecule has 85 heavy (non-hydrogen) atoms. The van der Waals surface area contributed by atoms with Gasteiger partial charge in [-0.1, -0.05) is 431 Å². The van der Waals surface area contributed by atoms with Gasteiger partial charge in [-0.2, -0.15) is 0 Å².